The van der Waals surface area contributed by atoms with Crippen molar-refractivity contribution in [1.82, 2.24) is 34.3 Å². The second-order valence-electron chi connectivity index (χ2n) is 7.94. The number of H-pyrrole nitrogens is 1. The molecule has 0 amide bonds. The standard InChI is InChI=1S/C21H19F4N7S/c22-15-4-2-1-3-14(15)12-30-9-7-19(29-30)32-18(26-27-20(32)33)8-10-31-16(13-5-6-13)11-17(28-31)21(23,24)25/h1-4,7,9,11,13H,5-6,8,10,12H2,(H,27,33). The molecule has 0 unspecified atom stereocenters. The van der Waals surface area contributed by atoms with Gasteiger partial charge in [-0.3, -0.25) is 19.0 Å². The molecule has 4 aromatic rings. The maximum absolute atomic E-state index is 14.0. The van der Waals surface area contributed by atoms with Crippen LogP contribution in [0.15, 0.2) is 42.6 Å². The highest BCUT2D eigenvalue weighted by atomic mass is 32.1. The summed E-state index contributed by atoms with van der Waals surface area (Å²) in [4.78, 5) is 0. The quantitative estimate of drug-likeness (QED) is 0.311. The van der Waals surface area contributed by atoms with E-state index in [1.165, 1.54) is 10.7 Å². The van der Waals surface area contributed by atoms with E-state index < -0.39 is 11.9 Å². The number of hydrogen-bond donors (Lipinski definition) is 1. The summed E-state index contributed by atoms with van der Waals surface area (Å²) >= 11 is 5.34. The van der Waals surface area contributed by atoms with E-state index in [-0.39, 0.29) is 24.8 Å². The van der Waals surface area contributed by atoms with Gasteiger partial charge in [-0.2, -0.15) is 28.5 Å². The number of halogens is 4. The molecule has 5 rings (SSSR count). The van der Waals surface area contributed by atoms with Crippen molar-refractivity contribution in [3.8, 4) is 5.82 Å². The third-order valence-electron chi connectivity index (χ3n) is 5.53. The Morgan fingerprint density at radius 1 is 1.12 bits per heavy atom. The first-order chi connectivity index (χ1) is 15.8. The minimum Gasteiger partial charge on any atom is -0.268 e. The maximum atomic E-state index is 14.0. The second kappa shape index (κ2) is 8.25. The Balaban J connectivity index is 1.37. The molecule has 1 saturated carbocycles. The lowest BCUT2D eigenvalue weighted by molar-refractivity contribution is -0.141. The van der Waals surface area contributed by atoms with E-state index >= 15 is 0 Å². The molecule has 1 fully saturated rings. The minimum absolute atomic E-state index is 0.114. The second-order valence-corrected chi connectivity index (χ2v) is 8.33. The molecule has 3 aromatic heterocycles. The summed E-state index contributed by atoms with van der Waals surface area (Å²) in [7, 11) is 0. The van der Waals surface area contributed by atoms with Crippen molar-refractivity contribution in [2.45, 2.75) is 44.4 Å². The van der Waals surface area contributed by atoms with Crippen molar-refractivity contribution in [2.75, 3.05) is 0 Å². The lowest BCUT2D eigenvalue weighted by Crippen LogP contribution is -2.12. The summed E-state index contributed by atoms with van der Waals surface area (Å²) in [5, 5.41) is 15.2. The van der Waals surface area contributed by atoms with Crippen molar-refractivity contribution < 1.29 is 17.6 Å². The Hall–Kier alpha value is -3.28. The first-order valence-electron chi connectivity index (χ1n) is 10.4. The highest BCUT2D eigenvalue weighted by molar-refractivity contribution is 7.71. The van der Waals surface area contributed by atoms with Crippen molar-refractivity contribution in [3.63, 3.8) is 0 Å². The largest absolute Gasteiger partial charge is 0.435 e. The number of nitrogens with zero attached hydrogens (tertiary/aromatic N) is 6. The highest BCUT2D eigenvalue weighted by Crippen LogP contribution is 2.42. The van der Waals surface area contributed by atoms with Gasteiger partial charge in [-0.05, 0) is 37.2 Å². The fourth-order valence-electron chi connectivity index (χ4n) is 3.76. The van der Waals surface area contributed by atoms with Gasteiger partial charge in [0.2, 0.25) is 4.77 Å². The van der Waals surface area contributed by atoms with Gasteiger partial charge < -0.3 is 0 Å². The fraction of sp³-hybridized carbons (Fsp3) is 0.333. The van der Waals surface area contributed by atoms with E-state index in [1.807, 2.05) is 0 Å². The van der Waals surface area contributed by atoms with Crippen LogP contribution in [0.2, 0.25) is 0 Å². The molecule has 0 bridgehead atoms. The predicted octanol–water partition coefficient (Wildman–Crippen LogP) is 4.65. The molecule has 0 radical (unpaired) electrons. The lowest BCUT2D eigenvalue weighted by Gasteiger charge is -2.08. The normalized spacial score (nSPS) is 14.2. The monoisotopic (exact) mass is 477 g/mol. The molecule has 1 N–H and O–H groups in total. The molecule has 172 valence electrons. The van der Waals surface area contributed by atoms with Gasteiger partial charge in [-0.1, -0.05) is 18.2 Å². The van der Waals surface area contributed by atoms with Gasteiger partial charge in [0, 0.05) is 42.4 Å². The molecule has 33 heavy (non-hydrogen) atoms. The highest BCUT2D eigenvalue weighted by Gasteiger charge is 2.37. The molecule has 0 spiro atoms. The maximum Gasteiger partial charge on any atom is 0.435 e. The molecule has 12 heteroatoms. The Labute approximate surface area is 190 Å². The average molecular weight is 477 g/mol. The minimum atomic E-state index is -4.49. The summed E-state index contributed by atoms with van der Waals surface area (Å²) in [6, 6.07) is 9.31. The van der Waals surface area contributed by atoms with E-state index in [9.17, 15) is 17.6 Å². The zero-order chi connectivity index (χ0) is 23.2. The number of alkyl halides is 3. The van der Waals surface area contributed by atoms with Gasteiger partial charge in [-0.25, -0.2) is 4.39 Å². The number of aryl methyl sites for hydroxylation is 2. The Morgan fingerprint density at radius 2 is 1.91 bits per heavy atom. The van der Waals surface area contributed by atoms with Crippen molar-refractivity contribution in [2.24, 2.45) is 0 Å². The third-order valence-corrected chi connectivity index (χ3v) is 5.81. The smallest absolute Gasteiger partial charge is 0.268 e. The average Bonchev–Trinajstić information content (AvgIpc) is 3.16. The van der Waals surface area contributed by atoms with E-state index in [4.69, 9.17) is 12.2 Å². The summed E-state index contributed by atoms with van der Waals surface area (Å²) in [5.41, 5.74) is 0.210. The van der Waals surface area contributed by atoms with Gasteiger partial charge in [0.15, 0.2) is 11.5 Å². The fourth-order valence-corrected chi connectivity index (χ4v) is 4.00. The molecular weight excluding hydrogens is 458 g/mol. The zero-order valence-electron chi connectivity index (χ0n) is 17.3. The van der Waals surface area contributed by atoms with Crippen molar-refractivity contribution in [3.05, 3.63) is 76.0 Å². The van der Waals surface area contributed by atoms with Crippen LogP contribution in [0.5, 0.6) is 0 Å². The van der Waals surface area contributed by atoms with Crippen LogP contribution in [-0.2, 0) is 25.7 Å². The van der Waals surface area contributed by atoms with E-state index in [0.717, 1.165) is 18.9 Å². The third kappa shape index (κ3) is 4.47. The first kappa shape index (κ1) is 21.6. The number of rotatable bonds is 7. The topological polar surface area (TPSA) is 69.2 Å². The van der Waals surface area contributed by atoms with Crippen LogP contribution in [-0.4, -0.2) is 34.3 Å². The number of aromatic amines is 1. The molecule has 0 aliphatic heterocycles. The van der Waals surface area contributed by atoms with E-state index in [2.05, 4.69) is 20.4 Å². The van der Waals surface area contributed by atoms with Gasteiger partial charge in [0.1, 0.15) is 11.6 Å². The van der Waals surface area contributed by atoms with Crippen LogP contribution >= 0.6 is 12.2 Å². The molecular formula is C21H19F4N7S. The van der Waals surface area contributed by atoms with E-state index in [1.54, 1.807) is 39.7 Å². The molecule has 1 aromatic carbocycles. The first-order valence-corrected chi connectivity index (χ1v) is 10.8. The van der Waals surface area contributed by atoms with Gasteiger partial charge in [-0.15, -0.1) is 0 Å². The molecule has 3 heterocycles. The SMILES string of the molecule is Fc1ccccc1Cn1ccc(-n2c(CCn3nc(C(F)(F)F)cc3C3CC3)n[nH]c2=S)n1. The van der Waals surface area contributed by atoms with Crippen LogP contribution in [0.25, 0.3) is 5.82 Å². The summed E-state index contributed by atoms with van der Waals surface area (Å²) in [6.07, 6.45) is -0.761. The van der Waals surface area contributed by atoms with Crippen LogP contribution in [0.3, 0.4) is 0 Å². The Morgan fingerprint density at radius 3 is 2.64 bits per heavy atom. The molecule has 0 saturated heterocycles. The molecule has 7 nitrogen and oxygen atoms in total. The van der Waals surface area contributed by atoms with Gasteiger partial charge in [0.05, 0.1) is 6.54 Å². The van der Waals surface area contributed by atoms with E-state index in [0.29, 0.717) is 34.1 Å². The Bertz CT molecular complexity index is 1340. The van der Waals surface area contributed by atoms with Crippen LogP contribution in [0, 0.1) is 10.6 Å². The summed E-state index contributed by atoms with van der Waals surface area (Å²) in [5.74, 6) is 0.795. The number of aromatic nitrogens is 7. The predicted molar refractivity (Wildman–Crippen MR) is 113 cm³/mol. The lowest BCUT2D eigenvalue weighted by atomic mass is 10.2. The van der Waals surface area contributed by atoms with Crippen LogP contribution < -0.4 is 0 Å². The number of nitrogens with one attached hydrogen (secondary N) is 1. The molecule has 0 atom stereocenters. The van der Waals surface area contributed by atoms with Crippen LogP contribution in [0.4, 0.5) is 17.6 Å². The zero-order valence-corrected chi connectivity index (χ0v) is 18.1. The van der Waals surface area contributed by atoms with Gasteiger partial charge >= 0.3 is 6.18 Å². The number of benzene rings is 1. The van der Waals surface area contributed by atoms with Crippen molar-refractivity contribution >= 4 is 12.2 Å². The van der Waals surface area contributed by atoms with Crippen molar-refractivity contribution in [1.29, 1.82) is 0 Å². The molecule has 1 aliphatic carbocycles. The summed E-state index contributed by atoms with van der Waals surface area (Å²) < 4.78 is 58.4. The summed E-state index contributed by atoms with van der Waals surface area (Å²) in [6.45, 7) is 0.461. The number of hydrogen-bond acceptors (Lipinski definition) is 4. The van der Waals surface area contributed by atoms with Gasteiger partial charge in [0.25, 0.3) is 0 Å². The molecule has 1 aliphatic rings. The Kier molecular flexibility index (Phi) is 5.39. The van der Waals surface area contributed by atoms with Crippen LogP contribution in [0.1, 0.15) is 41.5 Å².